The van der Waals surface area contributed by atoms with Gasteiger partial charge in [-0.2, -0.15) is 22.0 Å². The first-order valence-corrected chi connectivity index (χ1v) is 5.07. The number of aliphatic hydroxyl groups excluding tert-OH is 1. The van der Waals surface area contributed by atoms with Crippen LogP contribution in [0.25, 0.3) is 0 Å². The number of hydrogen-bond donors (Lipinski definition) is 1. The fourth-order valence-corrected chi connectivity index (χ4v) is 1.67. The summed E-state index contributed by atoms with van der Waals surface area (Å²) in [5, 5.41) is 9.22. The number of piperidine rings is 1. The fourth-order valence-electron chi connectivity index (χ4n) is 1.67. The Kier molecular flexibility index (Phi) is 4.12. The van der Waals surface area contributed by atoms with Crippen LogP contribution in [0.1, 0.15) is 19.3 Å². The Bertz CT molecular complexity index is 230. The fraction of sp³-hybridized carbons (Fsp3) is 1.00. The molecule has 1 rings (SSSR count). The molecule has 1 unspecified atom stereocenters. The normalized spacial score (nSPS) is 24.8. The van der Waals surface area contributed by atoms with Gasteiger partial charge in [-0.25, -0.2) is 0 Å². The van der Waals surface area contributed by atoms with Crippen molar-refractivity contribution in [2.75, 3.05) is 19.6 Å². The van der Waals surface area contributed by atoms with Crippen LogP contribution in [0.15, 0.2) is 0 Å². The molecule has 0 spiro atoms. The second-order valence-corrected chi connectivity index (χ2v) is 4.05. The van der Waals surface area contributed by atoms with Gasteiger partial charge in [-0.3, -0.25) is 0 Å². The molecular formula is C9H14F5NO. The molecule has 0 aliphatic carbocycles. The van der Waals surface area contributed by atoms with Gasteiger partial charge in [-0.15, -0.1) is 0 Å². The number of alkyl halides is 5. The van der Waals surface area contributed by atoms with Crippen LogP contribution in [0, 0.1) is 0 Å². The number of aliphatic hydroxyl groups is 1. The molecule has 96 valence electrons. The maximum atomic E-state index is 12.6. The zero-order valence-electron chi connectivity index (χ0n) is 8.60. The summed E-state index contributed by atoms with van der Waals surface area (Å²) in [4.78, 5) is 1.44. The zero-order valence-corrected chi connectivity index (χ0v) is 8.60. The molecule has 16 heavy (non-hydrogen) atoms. The average Bonchev–Trinajstić information content (AvgIpc) is 2.13. The molecule has 0 aromatic carbocycles. The predicted octanol–water partition coefficient (Wildman–Crippen LogP) is 2.03. The highest BCUT2D eigenvalue weighted by Gasteiger charge is 2.56. The number of rotatable bonds is 3. The monoisotopic (exact) mass is 247 g/mol. The van der Waals surface area contributed by atoms with Crippen LogP contribution in [-0.4, -0.2) is 47.8 Å². The number of likely N-dealkylation sites (tertiary alicyclic amines) is 1. The molecule has 0 amide bonds. The van der Waals surface area contributed by atoms with Gasteiger partial charge in [-0.05, 0) is 19.4 Å². The van der Waals surface area contributed by atoms with Crippen molar-refractivity contribution in [2.24, 2.45) is 0 Å². The number of halogens is 5. The molecular weight excluding hydrogens is 233 g/mol. The molecule has 1 atom stereocenters. The molecule has 1 N–H and O–H groups in total. The second-order valence-electron chi connectivity index (χ2n) is 4.05. The molecule has 7 heteroatoms. The Balaban J connectivity index is 2.39. The summed E-state index contributed by atoms with van der Waals surface area (Å²) in [5.74, 6) is -4.64. The Hall–Kier alpha value is -0.430. The van der Waals surface area contributed by atoms with E-state index in [-0.39, 0.29) is 13.1 Å². The third-order valence-electron chi connectivity index (χ3n) is 2.64. The van der Waals surface area contributed by atoms with E-state index in [1.54, 1.807) is 0 Å². The van der Waals surface area contributed by atoms with E-state index < -0.39 is 24.6 Å². The molecule has 1 aliphatic rings. The molecule has 0 radical (unpaired) electrons. The van der Waals surface area contributed by atoms with Crippen molar-refractivity contribution in [2.45, 2.75) is 37.5 Å². The maximum Gasteiger partial charge on any atom is 0.453 e. The largest absolute Gasteiger partial charge is 0.453 e. The predicted molar refractivity (Wildman–Crippen MR) is 47.3 cm³/mol. The maximum absolute atomic E-state index is 12.6. The third-order valence-corrected chi connectivity index (χ3v) is 2.64. The third kappa shape index (κ3) is 3.55. The summed E-state index contributed by atoms with van der Waals surface area (Å²) in [6.07, 6.45) is -6.15. The van der Waals surface area contributed by atoms with Crippen molar-refractivity contribution in [1.82, 2.24) is 4.90 Å². The minimum atomic E-state index is -5.48. The average molecular weight is 247 g/mol. The van der Waals surface area contributed by atoms with Crippen molar-refractivity contribution < 1.29 is 27.1 Å². The van der Waals surface area contributed by atoms with Crippen LogP contribution in [0.3, 0.4) is 0 Å². The highest BCUT2D eigenvalue weighted by Crippen LogP contribution is 2.38. The van der Waals surface area contributed by atoms with E-state index in [4.69, 9.17) is 0 Å². The van der Waals surface area contributed by atoms with E-state index in [0.29, 0.717) is 19.4 Å². The van der Waals surface area contributed by atoms with Crippen LogP contribution in [0.4, 0.5) is 22.0 Å². The molecule has 0 aromatic rings. The SMILES string of the molecule is OC1CCCN(CCC(F)(F)C(F)(F)F)C1. The zero-order chi connectivity index (χ0) is 12.4. The topological polar surface area (TPSA) is 23.5 Å². The molecule has 2 nitrogen and oxygen atoms in total. The Morgan fingerprint density at radius 3 is 2.31 bits per heavy atom. The molecule has 1 aliphatic heterocycles. The van der Waals surface area contributed by atoms with Crippen molar-refractivity contribution in [3.05, 3.63) is 0 Å². The standard InChI is InChI=1S/C9H14F5NO/c10-8(11,9(12,13)14)3-5-15-4-1-2-7(16)6-15/h7,16H,1-6H2. The van der Waals surface area contributed by atoms with Crippen LogP contribution >= 0.6 is 0 Å². The second kappa shape index (κ2) is 4.83. The van der Waals surface area contributed by atoms with Gasteiger partial charge in [0.15, 0.2) is 0 Å². The highest BCUT2D eigenvalue weighted by atomic mass is 19.4. The Labute approximate surface area is 90.0 Å². The van der Waals surface area contributed by atoms with Crippen LogP contribution in [0.5, 0.6) is 0 Å². The quantitative estimate of drug-likeness (QED) is 0.771. The smallest absolute Gasteiger partial charge is 0.392 e. The molecule has 0 aromatic heterocycles. The summed E-state index contributed by atoms with van der Waals surface area (Å²) < 4.78 is 60.7. The van der Waals surface area contributed by atoms with Gasteiger partial charge >= 0.3 is 12.1 Å². The van der Waals surface area contributed by atoms with Crippen molar-refractivity contribution in [3.63, 3.8) is 0 Å². The highest BCUT2D eigenvalue weighted by molar-refractivity contribution is 4.79. The minimum absolute atomic E-state index is 0.175. The van der Waals surface area contributed by atoms with Crippen LogP contribution < -0.4 is 0 Å². The Morgan fingerprint density at radius 2 is 1.81 bits per heavy atom. The summed E-state index contributed by atoms with van der Waals surface area (Å²) in [6, 6.07) is 0. The first-order chi connectivity index (χ1) is 7.22. The summed E-state index contributed by atoms with van der Waals surface area (Å²) in [7, 11) is 0. The van der Waals surface area contributed by atoms with Gasteiger partial charge in [0.05, 0.1) is 6.10 Å². The lowest BCUT2D eigenvalue weighted by molar-refractivity contribution is -0.285. The van der Waals surface area contributed by atoms with E-state index in [9.17, 15) is 27.1 Å². The van der Waals surface area contributed by atoms with Crippen molar-refractivity contribution in [1.29, 1.82) is 0 Å². The van der Waals surface area contributed by atoms with Crippen molar-refractivity contribution >= 4 is 0 Å². The number of β-amino-alcohol motifs (C(OH)–C–C–N with tert-alkyl or cyclic N) is 1. The first kappa shape index (κ1) is 13.6. The lowest BCUT2D eigenvalue weighted by Crippen LogP contribution is -2.43. The lowest BCUT2D eigenvalue weighted by Gasteiger charge is -2.31. The van der Waals surface area contributed by atoms with Gasteiger partial charge in [0, 0.05) is 19.5 Å². The van der Waals surface area contributed by atoms with Gasteiger partial charge in [0.25, 0.3) is 0 Å². The van der Waals surface area contributed by atoms with E-state index in [1.165, 1.54) is 4.90 Å². The van der Waals surface area contributed by atoms with Gasteiger partial charge in [0.2, 0.25) is 0 Å². The molecule has 1 fully saturated rings. The molecule has 0 bridgehead atoms. The lowest BCUT2D eigenvalue weighted by atomic mass is 10.1. The van der Waals surface area contributed by atoms with E-state index in [2.05, 4.69) is 0 Å². The van der Waals surface area contributed by atoms with E-state index in [1.807, 2.05) is 0 Å². The van der Waals surface area contributed by atoms with Crippen molar-refractivity contribution in [3.8, 4) is 0 Å². The first-order valence-electron chi connectivity index (χ1n) is 5.07. The number of hydrogen-bond acceptors (Lipinski definition) is 2. The van der Waals surface area contributed by atoms with E-state index in [0.717, 1.165) is 0 Å². The summed E-state index contributed by atoms with van der Waals surface area (Å²) in [5.41, 5.74) is 0. The summed E-state index contributed by atoms with van der Waals surface area (Å²) >= 11 is 0. The van der Waals surface area contributed by atoms with Crippen LogP contribution in [-0.2, 0) is 0 Å². The minimum Gasteiger partial charge on any atom is -0.392 e. The van der Waals surface area contributed by atoms with Gasteiger partial charge in [-0.1, -0.05) is 0 Å². The number of nitrogens with zero attached hydrogens (tertiary/aromatic N) is 1. The Morgan fingerprint density at radius 1 is 1.19 bits per heavy atom. The summed E-state index contributed by atoms with van der Waals surface area (Å²) in [6.45, 7) is 0.294. The van der Waals surface area contributed by atoms with Crippen LogP contribution in [0.2, 0.25) is 0 Å². The van der Waals surface area contributed by atoms with Gasteiger partial charge in [0.1, 0.15) is 0 Å². The van der Waals surface area contributed by atoms with E-state index >= 15 is 0 Å². The molecule has 1 heterocycles. The molecule has 0 saturated carbocycles. The molecule has 1 saturated heterocycles. The van der Waals surface area contributed by atoms with Gasteiger partial charge < -0.3 is 10.0 Å².